The average molecular weight is 517 g/mol. The number of hydrogen-bond acceptors (Lipinski definition) is 5. The van der Waals surface area contributed by atoms with Crippen molar-refractivity contribution in [3.8, 4) is 5.69 Å². The normalized spacial score (nSPS) is 18.1. The number of amides is 1. The number of hydrogen-bond donors (Lipinski definition) is 3. The van der Waals surface area contributed by atoms with E-state index < -0.39 is 17.9 Å². The molecule has 2 heterocycles. The number of likely N-dealkylation sites (tertiary alicyclic amines) is 1. The molecule has 1 aromatic heterocycles. The Morgan fingerprint density at radius 3 is 2.65 bits per heavy atom. The van der Waals surface area contributed by atoms with Crippen LogP contribution >= 0.6 is 0 Å². The standard InChI is InChI=1S/C27H31F3N4O3/c1-17-24(15-34(32-17)22-9-6-20(28)7-10-22)26(36)31-21-8-5-18(23(12-21)25(29)30)13-33-11-3-4-19(14-33)27(2,37)16-35/h5-10,12,15,19,25,35,37H,3-4,11,13-14,16H2,1-2H3,(H,31,36)/t19-,27+/m0/s1. The molecule has 0 aliphatic carbocycles. The summed E-state index contributed by atoms with van der Waals surface area (Å²) in [5, 5.41) is 26.9. The number of carbonyl (C=O) groups excluding carboxylic acids is 1. The van der Waals surface area contributed by atoms with Gasteiger partial charge in [-0.2, -0.15) is 5.10 Å². The molecule has 1 aliphatic rings. The van der Waals surface area contributed by atoms with Gasteiger partial charge in [0.15, 0.2) is 0 Å². The zero-order chi connectivity index (χ0) is 26.7. The summed E-state index contributed by atoms with van der Waals surface area (Å²) in [6.07, 6.45) is 0.322. The molecule has 3 N–H and O–H groups in total. The van der Waals surface area contributed by atoms with Crippen molar-refractivity contribution in [3.05, 3.63) is 76.9 Å². The number of aliphatic hydroxyl groups excluding tert-OH is 1. The fourth-order valence-electron chi connectivity index (χ4n) is 4.70. The van der Waals surface area contributed by atoms with Gasteiger partial charge in [0.05, 0.1) is 29.2 Å². The zero-order valence-electron chi connectivity index (χ0n) is 20.8. The Kier molecular flexibility index (Phi) is 8.01. The van der Waals surface area contributed by atoms with Gasteiger partial charge in [0.2, 0.25) is 0 Å². The highest BCUT2D eigenvalue weighted by Gasteiger charge is 2.35. The lowest BCUT2D eigenvalue weighted by molar-refractivity contribution is -0.0697. The highest BCUT2D eigenvalue weighted by atomic mass is 19.3. The molecule has 0 saturated carbocycles. The summed E-state index contributed by atoms with van der Waals surface area (Å²) in [6, 6.07) is 10.1. The van der Waals surface area contributed by atoms with Gasteiger partial charge in [-0.15, -0.1) is 0 Å². The Balaban J connectivity index is 1.49. The second-order valence-electron chi connectivity index (χ2n) is 9.81. The van der Waals surface area contributed by atoms with E-state index in [0.717, 1.165) is 12.8 Å². The molecule has 0 radical (unpaired) electrons. The van der Waals surface area contributed by atoms with Crippen molar-refractivity contribution < 1.29 is 28.2 Å². The number of halogens is 3. The smallest absolute Gasteiger partial charge is 0.264 e. The summed E-state index contributed by atoms with van der Waals surface area (Å²) in [6.45, 7) is 4.36. The molecule has 1 fully saturated rings. The van der Waals surface area contributed by atoms with Crippen LogP contribution in [0.15, 0.2) is 48.7 Å². The van der Waals surface area contributed by atoms with Gasteiger partial charge in [0.1, 0.15) is 5.82 Å². The number of aliphatic hydroxyl groups is 2. The summed E-state index contributed by atoms with van der Waals surface area (Å²) in [5.74, 6) is -1.04. The molecular formula is C27H31F3N4O3. The second kappa shape index (κ2) is 11.0. The van der Waals surface area contributed by atoms with Crippen LogP contribution in [0.3, 0.4) is 0 Å². The van der Waals surface area contributed by atoms with E-state index in [1.165, 1.54) is 41.2 Å². The monoisotopic (exact) mass is 516 g/mol. The predicted octanol–water partition coefficient (Wildman–Crippen LogP) is 4.47. The molecule has 2 aromatic carbocycles. The lowest BCUT2D eigenvalue weighted by Gasteiger charge is -2.39. The second-order valence-corrected chi connectivity index (χ2v) is 9.81. The van der Waals surface area contributed by atoms with Crippen LogP contribution in [0.25, 0.3) is 5.69 Å². The van der Waals surface area contributed by atoms with Gasteiger partial charge in [0, 0.05) is 36.5 Å². The lowest BCUT2D eigenvalue weighted by Crippen LogP contribution is -2.48. The molecule has 10 heteroatoms. The highest BCUT2D eigenvalue weighted by Crippen LogP contribution is 2.31. The first-order chi connectivity index (χ1) is 17.6. The molecule has 0 spiro atoms. The molecule has 2 atom stereocenters. The van der Waals surface area contributed by atoms with Crippen LogP contribution in [-0.4, -0.2) is 56.1 Å². The van der Waals surface area contributed by atoms with Gasteiger partial charge in [-0.3, -0.25) is 9.69 Å². The van der Waals surface area contributed by atoms with E-state index in [2.05, 4.69) is 10.4 Å². The maximum Gasteiger partial charge on any atom is 0.264 e. The minimum Gasteiger partial charge on any atom is -0.393 e. The molecule has 1 saturated heterocycles. The summed E-state index contributed by atoms with van der Waals surface area (Å²) < 4.78 is 42.6. The molecule has 37 heavy (non-hydrogen) atoms. The Hall–Kier alpha value is -3.21. The van der Waals surface area contributed by atoms with Crippen molar-refractivity contribution in [2.75, 3.05) is 25.0 Å². The fourth-order valence-corrected chi connectivity index (χ4v) is 4.70. The molecular weight excluding hydrogens is 485 g/mol. The minimum absolute atomic E-state index is 0.154. The van der Waals surface area contributed by atoms with Crippen LogP contribution in [0.4, 0.5) is 18.9 Å². The SMILES string of the molecule is Cc1nn(-c2ccc(F)cc2)cc1C(=O)Nc1ccc(CN2CCC[C@H]([C@](C)(O)CO)C2)c(C(F)F)c1. The highest BCUT2D eigenvalue weighted by molar-refractivity contribution is 6.05. The number of anilines is 1. The number of aromatic nitrogens is 2. The molecule has 1 amide bonds. The van der Waals surface area contributed by atoms with E-state index in [4.69, 9.17) is 0 Å². The van der Waals surface area contributed by atoms with Crippen LogP contribution in [0.5, 0.6) is 0 Å². The predicted molar refractivity (Wildman–Crippen MR) is 133 cm³/mol. The van der Waals surface area contributed by atoms with Gasteiger partial charge in [-0.05, 0) is 75.2 Å². The van der Waals surface area contributed by atoms with Gasteiger partial charge < -0.3 is 15.5 Å². The van der Waals surface area contributed by atoms with Gasteiger partial charge in [0.25, 0.3) is 12.3 Å². The van der Waals surface area contributed by atoms with Crippen LogP contribution in [-0.2, 0) is 6.54 Å². The van der Waals surface area contributed by atoms with E-state index in [9.17, 15) is 28.2 Å². The molecule has 0 unspecified atom stereocenters. The topological polar surface area (TPSA) is 90.6 Å². The Bertz CT molecular complexity index is 1240. The van der Waals surface area contributed by atoms with Crippen LogP contribution in [0.2, 0.25) is 0 Å². The van der Waals surface area contributed by atoms with Crippen LogP contribution in [0.1, 0.15) is 53.4 Å². The Morgan fingerprint density at radius 2 is 1.97 bits per heavy atom. The molecule has 198 valence electrons. The first-order valence-corrected chi connectivity index (χ1v) is 12.2. The van der Waals surface area contributed by atoms with Crippen molar-refractivity contribution in [2.45, 2.75) is 45.3 Å². The van der Waals surface area contributed by atoms with E-state index >= 15 is 0 Å². The largest absolute Gasteiger partial charge is 0.393 e. The maximum atomic E-state index is 14.0. The van der Waals surface area contributed by atoms with Crippen molar-refractivity contribution in [3.63, 3.8) is 0 Å². The third kappa shape index (κ3) is 6.20. The van der Waals surface area contributed by atoms with Gasteiger partial charge in [-0.1, -0.05) is 6.07 Å². The van der Waals surface area contributed by atoms with E-state index in [-0.39, 0.29) is 41.7 Å². The number of rotatable bonds is 8. The summed E-state index contributed by atoms with van der Waals surface area (Å²) in [7, 11) is 0. The lowest BCUT2D eigenvalue weighted by atomic mass is 9.83. The molecule has 1 aliphatic heterocycles. The number of nitrogens with zero attached hydrogens (tertiary/aromatic N) is 3. The Morgan fingerprint density at radius 1 is 1.24 bits per heavy atom. The molecule has 4 rings (SSSR count). The van der Waals surface area contributed by atoms with Crippen molar-refractivity contribution in [1.29, 1.82) is 0 Å². The quantitative estimate of drug-likeness (QED) is 0.411. The summed E-state index contributed by atoms with van der Waals surface area (Å²) >= 11 is 0. The number of alkyl halides is 2. The third-order valence-electron chi connectivity index (χ3n) is 6.97. The Labute approximate surface area is 213 Å². The zero-order valence-corrected chi connectivity index (χ0v) is 20.8. The van der Waals surface area contributed by atoms with E-state index in [1.807, 2.05) is 4.90 Å². The molecule has 3 aromatic rings. The average Bonchev–Trinajstić information content (AvgIpc) is 3.27. The first-order valence-electron chi connectivity index (χ1n) is 12.2. The molecule has 7 nitrogen and oxygen atoms in total. The summed E-state index contributed by atoms with van der Waals surface area (Å²) in [5.41, 5.74) is 0.561. The van der Waals surface area contributed by atoms with Crippen molar-refractivity contribution in [2.24, 2.45) is 5.92 Å². The van der Waals surface area contributed by atoms with Crippen LogP contribution in [0, 0.1) is 18.7 Å². The number of piperidine rings is 1. The number of aryl methyl sites for hydroxylation is 1. The van der Waals surface area contributed by atoms with Crippen molar-refractivity contribution in [1.82, 2.24) is 14.7 Å². The van der Waals surface area contributed by atoms with E-state index in [1.54, 1.807) is 26.0 Å². The summed E-state index contributed by atoms with van der Waals surface area (Å²) in [4.78, 5) is 14.9. The molecule has 0 bridgehead atoms. The van der Waals surface area contributed by atoms with E-state index in [0.29, 0.717) is 30.0 Å². The minimum atomic E-state index is -2.74. The first kappa shape index (κ1) is 26.8. The number of nitrogens with one attached hydrogen (secondary N) is 1. The third-order valence-corrected chi connectivity index (χ3v) is 6.97. The van der Waals surface area contributed by atoms with Gasteiger partial charge >= 0.3 is 0 Å². The fraction of sp³-hybridized carbons (Fsp3) is 0.407. The van der Waals surface area contributed by atoms with Gasteiger partial charge in [-0.25, -0.2) is 17.9 Å². The van der Waals surface area contributed by atoms with Crippen LogP contribution < -0.4 is 5.32 Å². The number of carbonyl (C=O) groups is 1. The maximum absolute atomic E-state index is 14.0. The van der Waals surface area contributed by atoms with Crippen molar-refractivity contribution >= 4 is 11.6 Å². The number of benzene rings is 2.